The Hall–Kier alpha value is -1.69. The molecule has 2 aromatic rings. The van der Waals surface area contributed by atoms with Gasteiger partial charge in [0.15, 0.2) is 0 Å². The number of benzene rings is 2. The van der Waals surface area contributed by atoms with Gasteiger partial charge in [0.2, 0.25) is 0 Å². The molecule has 0 aromatic heterocycles. The van der Waals surface area contributed by atoms with Gasteiger partial charge in [-0.2, -0.15) is 8.42 Å². The molecule has 0 saturated heterocycles. The van der Waals surface area contributed by atoms with Crippen LogP contribution in [0.3, 0.4) is 0 Å². The van der Waals surface area contributed by atoms with Gasteiger partial charge in [0.1, 0.15) is 0 Å². The summed E-state index contributed by atoms with van der Waals surface area (Å²) in [7, 11) is -3.66. The fourth-order valence-corrected chi connectivity index (χ4v) is 2.71. The van der Waals surface area contributed by atoms with Crippen molar-refractivity contribution in [2.24, 2.45) is 0 Å². The van der Waals surface area contributed by atoms with E-state index < -0.39 is 10.1 Å². The molecular weight excluding hydrogens is 288 g/mol. The highest BCUT2D eigenvalue weighted by atomic mass is 32.2. The normalized spacial score (nSPS) is 11.4. The Kier molecular flexibility index (Phi) is 5.92. The average molecular weight is 306 g/mol. The maximum atomic E-state index is 11.8. The van der Waals surface area contributed by atoms with Gasteiger partial charge in [-0.3, -0.25) is 4.18 Å². The molecule has 112 valence electrons. The highest BCUT2D eigenvalue weighted by Gasteiger charge is 2.13. The molecule has 5 heteroatoms. The van der Waals surface area contributed by atoms with Crippen molar-refractivity contribution in [3.8, 4) is 0 Å². The van der Waals surface area contributed by atoms with Crippen molar-refractivity contribution in [3.05, 3.63) is 66.2 Å². The average Bonchev–Trinajstić information content (AvgIpc) is 2.52. The van der Waals surface area contributed by atoms with Crippen molar-refractivity contribution < 1.29 is 17.3 Å². The van der Waals surface area contributed by atoms with Crippen LogP contribution in [0.1, 0.15) is 12.0 Å². The molecule has 2 rings (SSSR count). The minimum atomic E-state index is -3.66. The van der Waals surface area contributed by atoms with E-state index in [0.29, 0.717) is 19.6 Å². The van der Waals surface area contributed by atoms with Crippen LogP contribution in [-0.4, -0.2) is 21.6 Å². The van der Waals surface area contributed by atoms with Crippen LogP contribution in [0.4, 0.5) is 0 Å². The molecular formula is C16H18O4S. The van der Waals surface area contributed by atoms with Crippen molar-refractivity contribution in [1.29, 1.82) is 0 Å². The Labute approximate surface area is 125 Å². The zero-order chi connectivity index (χ0) is 15.0. The first kappa shape index (κ1) is 15.7. The van der Waals surface area contributed by atoms with Gasteiger partial charge in [-0.25, -0.2) is 0 Å². The molecule has 2 aromatic carbocycles. The third kappa shape index (κ3) is 5.30. The molecule has 0 aliphatic carbocycles. The molecule has 21 heavy (non-hydrogen) atoms. The second kappa shape index (κ2) is 7.93. The van der Waals surface area contributed by atoms with Crippen LogP contribution in [-0.2, 0) is 25.6 Å². The van der Waals surface area contributed by atoms with Crippen LogP contribution in [0, 0.1) is 0 Å². The number of hydrogen-bond acceptors (Lipinski definition) is 4. The van der Waals surface area contributed by atoms with Gasteiger partial charge < -0.3 is 4.74 Å². The lowest BCUT2D eigenvalue weighted by Crippen LogP contribution is -2.09. The SMILES string of the molecule is O=S(=O)(OCCCOCc1ccccc1)c1ccccc1. The van der Waals surface area contributed by atoms with E-state index in [1.54, 1.807) is 18.2 Å². The van der Waals surface area contributed by atoms with Crippen molar-refractivity contribution in [2.45, 2.75) is 17.9 Å². The molecule has 0 atom stereocenters. The second-order valence-electron chi connectivity index (χ2n) is 4.48. The van der Waals surface area contributed by atoms with Gasteiger partial charge in [0.05, 0.1) is 18.1 Å². The molecule has 0 unspecified atom stereocenters. The molecule has 0 bridgehead atoms. The Morgan fingerprint density at radius 3 is 2.10 bits per heavy atom. The summed E-state index contributed by atoms with van der Waals surface area (Å²) >= 11 is 0. The molecule has 0 aliphatic heterocycles. The van der Waals surface area contributed by atoms with Gasteiger partial charge in [0.25, 0.3) is 10.1 Å². The summed E-state index contributed by atoms with van der Waals surface area (Å²) in [5.41, 5.74) is 1.09. The topological polar surface area (TPSA) is 52.6 Å². The molecule has 0 spiro atoms. The summed E-state index contributed by atoms with van der Waals surface area (Å²) in [4.78, 5) is 0.176. The molecule has 0 aliphatic rings. The number of rotatable bonds is 8. The summed E-state index contributed by atoms with van der Waals surface area (Å²) < 4.78 is 34.1. The van der Waals surface area contributed by atoms with E-state index >= 15 is 0 Å². The summed E-state index contributed by atoms with van der Waals surface area (Å²) in [5.74, 6) is 0. The molecule has 0 fully saturated rings. The molecule has 0 saturated carbocycles. The molecule has 0 N–H and O–H groups in total. The van der Waals surface area contributed by atoms with Crippen LogP contribution in [0.15, 0.2) is 65.6 Å². The van der Waals surface area contributed by atoms with E-state index in [1.807, 2.05) is 30.3 Å². The van der Waals surface area contributed by atoms with E-state index in [0.717, 1.165) is 5.56 Å². The zero-order valence-corrected chi connectivity index (χ0v) is 12.5. The highest BCUT2D eigenvalue weighted by Crippen LogP contribution is 2.11. The van der Waals surface area contributed by atoms with Gasteiger partial charge in [-0.15, -0.1) is 0 Å². The zero-order valence-electron chi connectivity index (χ0n) is 11.6. The maximum absolute atomic E-state index is 11.8. The Morgan fingerprint density at radius 2 is 1.43 bits per heavy atom. The van der Waals surface area contributed by atoms with Crippen LogP contribution in [0.25, 0.3) is 0 Å². The highest BCUT2D eigenvalue weighted by molar-refractivity contribution is 7.86. The van der Waals surface area contributed by atoms with Crippen molar-refractivity contribution in [1.82, 2.24) is 0 Å². The van der Waals surface area contributed by atoms with Gasteiger partial charge in [-0.05, 0) is 24.1 Å². The Morgan fingerprint density at radius 1 is 0.810 bits per heavy atom. The largest absolute Gasteiger partial charge is 0.377 e. The molecule has 0 amide bonds. The third-order valence-electron chi connectivity index (χ3n) is 2.81. The summed E-state index contributed by atoms with van der Waals surface area (Å²) in [5, 5.41) is 0. The lowest BCUT2D eigenvalue weighted by atomic mass is 10.2. The summed E-state index contributed by atoms with van der Waals surface area (Å²) in [6, 6.07) is 17.9. The van der Waals surface area contributed by atoms with Gasteiger partial charge >= 0.3 is 0 Å². The fraction of sp³-hybridized carbons (Fsp3) is 0.250. The molecule has 4 nitrogen and oxygen atoms in total. The standard InChI is InChI=1S/C16H18O4S/c17-21(18,16-10-5-2-6-11-16)20-13-7-12-19-14-15-8-3-1-4-9-15/h1-6,8-11H,7,12-14H2. The predicted octanol–water partition coefficient (Wildman–Crippen LogP) is 3.00. The number of ether oxygens (including phenoxy) is 1. The predicted molar refractivity (Wildman–Crippen MR) is 80.3 cm³/mol. The molecule has 0 heterocycles. The summed E-state index contributed by atoms with van der Waals surface area (Å²) in [6.45, 7) is 1.09. The van der Waals surface area contributed by atoms with Crippen LogP contribution in [0.5, 0.6) is 0 Å². The van der Waals surface area contributed by atoms with E-state index in [4.69, 9.17) is 8.92 Å². The minimum Gasteiger partial charge on any atom is -0.377 e. The van der Waals surface area contributed by atoms with Crippen molar-refractivity contribution >= 4 is 10.1 Å². The monoisotopic (exact) mass is 306 g/mol. The van der Waals surface area contributed by atoms with Gasteiger partial charge in [0, 0.05) is 6.61 Å². The van der Waals surface area contributed by atoms with Crippen LogP contribution in [0.2, 0.25) is 0 Å². The number of hydrogen-bond donors (Lipinski definition) is 0. The minimum absolute atomic E-state index is 0.117. The van der Waals surface area contributed by atoms with E-state index in [9.17, 15) is 8.42 Å². The molecule has 0 radical (unpaired) electrons. The Bertz CT molecular complexity index is 624. The van der Waals surface area contributed by atoms with Crippen LogP contribution >= 0.6 is 0 Å². The van der Waals surface area contributed by atoms with E-state index in [1.165, 1.54) is 12.1 Å². The first-order chi connectivity index (χ1) is 10.2. The quantitative estimate of drug-likeness (QED) is 0.556. The first-order valence-electron chi connectivity index (χ1n) is 6.75. The lowest BCUT2D eigenvalue weighted by Gasteiger charge is -2.06. The smallest absolute Gasteiger partial charge is 0.296 e. The Balaban J connectivity index is 1.66. The summed E-state index contributed by atoms with van der Waals surface area (Å²) in [6.07, 6.45) is 0.527. The maximum Gasteiger partial charge on any atom is 0.296 e. The first-order valence-corrected chi connectivity index (χ1v) is 8.15. The van der Waals surface area contributed by atoms with Gasteiger partial charge in [-0.1, -0.05) is 48.5 Å². The third-order valence-corrected chi connectivity index (χ3v) is 4.14. The lowest BCUT2D eigenvalue weighted by molar-refractivity contribution is 0.108. The van der Waals surface area contributed by atoms with E-state index in [2.05, 4.69) is 0 Å². The second-order valence-corrected chi connectivity index (χ2v) is 6.10. The van der Waals surface area contributed by atoms with Crippen molar-refractivity contribution in [2.75, 3.05) is 13.2 Å². The van der Waals surface area contributed by atoms with Crippen molar-refractivity contribution in [3.63, 3.8) is 0 Å². The van der Waals surface area contributed by atoms with E-state index in [-0.39, 0.29) is 11.5 Å². The van der Waals surface area contributed by atoms with Crippen LogP contribution < -0.4 is 0 Å². The fourth-order valence-electron chi connectivity index (χ4n) is 1.75.